The molecule has 1 aromatic heterocycles. The quantitative estimate of drug-likeness (QED) is 0.0382. The van der Waals surface area contributed by atoms with E-state index in [4.69, 9.17) is 13.8 Å². The van der Waals surface area contributed by atoms with Crippen molar-refractivity contribution >= 4 is 74.4 Å². The van der Waals surface area contributed by atoms with E-state index in [-0.39, 0.29) is 55.3 Å². The van der Waals surface area contributed by atoms with Crippen molar-refractivity contribution in [1.29, 1.82) is 0 Å². The number of nitro benzene ring substituents is 1. The number of carbonyl (C=O) groups excluding carboxylic acids is 3. The first-order valence-corrected chi connectivity index (χ1v) is 17.6. The highest BCUT2D eigenvalue weighted by molar-refractivity contribution is 8.13. The predicted molar refractivity (Wildman–Crippen MR) is 168 cm³/mol. The Hall–Kier alpha value is -2.68. The Morgan fingerprint density at radius 2 is 1.48 bits per heavy atom. The minimum absolute atomic E-state index is 0.0230. The lowest BCUT2D eigenvalue weighted by molar-refractivity contribution is -0.384. The van der Waals surface area contributed by atoms with Gasteiger partial charge in [0.1, 0.15) is 10.6 Å². The van der Waals surface area contributed by atoms with Gasteiger partial charge in [-0.15, -0.1) is 11.3 Å². The summed E-state index contributed by atoms with van der Waals surface area (Å²) in [5, 5.41) is 10.7. The zero-order valence-corrected chi connectivity index (χ0v) is 27.5. The van der Waals surface area contributed by atoms with Crippen LogP contribution in [0.4, 0.5) is 14.5 Å². The van der Waals surface area contributed by atoms with E-state index in [1.54, 1.807) is 27.7 Å². The predicted octanol–water partition coefficient (Wildman–Crippen LogP) is 8.14. The fraction of sp³-hybridized carbons (Fsp3) is 0.393. The molecule has 16 heteroatoms. The Bertz CT molecular complexity index is 1530. The van der Waals surface area contributed by atoms with Crippen molar-refractivity contribution in [1.82, 2.24) is 0 Å². The van der Waals surface area contributed by atoms with E-state index in [2.05, 4.69) is 0 Å². The zero-order valence-electron chi connectivity index (χ0n) is 24.2. The average Bonchev–Trinajstić information content (AvgIpc) is 3.41. The van der Waals surface area contributed by atoms with Gasteiger partial charge in [-0.3, -0.25) is 24.3 Å². The highest BCUT2D eigenvalue weighted by Gasteiger charge is 2.55. The molecule has 0 spiro atoms. The molecule has 3 aromatic rings. The van der Waals surface area contributed by atoms with Crippen LogP contribution in [0.1, 0.15) is 42.9 Å². The van der Waals surface area contributed by atoms with Crippen LogP contribution in [-0.2, 0) is 28.9 Å². The lowest BCUT2D eigenvalue weighted by Gasteiger charge is -2.27. The number of fused-ring (bicyclic) bond motifs is 1. The minimum atomic E-state index is -5.18. The van der Waals surface area contributed by atoms with Gasteiger partial charge in [-0.1, -0.05) is 57.3 Å². The highest BCUT2D eigenvalue weighted by atomic mass is 32.2. The van der Waals surface area contributed by atoms with Crippen LogP contribution in [0.3, 0.4) is 0 Å². The van der Waals surface area contributed by atoms with Crippen LogP contribution < -0.4 is 4.74 Å². The van der Waals surface area contributed by atoms with Crippen molar-refractivity contribution in [2.45, 2.75) is 33.4 Å². The number of carbonyl (C=O) groups is 3. The molecule has 10 nitrogen and oxygen atoms in total. The van der Waals surface area contributed by atoms with E-state index in [1.807, 2.05) is 0 Å². The summed E-state index contributed by atoms with van der Waals surface area (Å²) in [7, 11) is -5.18. The number of thioether (sulfide) groups is 2. The fourth-order valence-electron chi connectivity index (χ4n) is 3.41. The van der Waals surface area contributed by atoms with Crippen LogP contribution >= 0.6 is 42.5 Å². The topological polar surface area (TPSA) is 139 Å². The van der Waals surface area contributed by atoms with Crippen molar-refractivity contribution in [3.63, 3.8) is 0 Å². The summed E-state index contributed by atoms with van der Waals surface area (Å²) in [6, 6.07) is 9.66. The molecule has 0 saturated heterocycles. The van der Waals surface area contributed by atoms with Crippen LogP contribution in [0.2, 0.25) is 0 Å². The summed E-state index contributed by atoms with van der Waals surface area (Å²) < 4.78 is 61.5. The Morgan fingerprint density at radius 1 is 0.932 bits per heavy atom. The van der Waals surface area contributed by atoms with Gasteiger partial charge in [0.05, 0.1) is 18.1 Å². The molecule has 2 aromatic carbocycles. The van der Waals surface area contributed by atoms with Gasteiger partial charge in [0.15, 0.2) is 10.2 Å². The van der Waals surface area contributed by atoms with Crippen LogP contribution in [0.25, 0.3) is 10.1 Å². The van der Waals surface area contributed by atoms with Crippen molar-refractivity contribution in [2.75, 3.05) is 24.7 Å². The molecule has 0 unspecified atom stereocenters. The van der Waals surface area contributed by atoms with Crippen LogP contribution in [0.5, 0.6) is 5.75 Å². The Kier molecular flexibility index (Phi) is 12.6. The van der Waals surface area contributed by atoms with E-state index in [1.165, 1.54) is 36.4 Å². The zero-order chi connectivity index (χ0) is 32.7. The Balaban J connectivity index is 1.81. The number of ether oxygens (including phenoxy) is 1. The van der Waals surface area contributed by atoms with Crippen molar-refractivity contribution in [2.24, 2.45) is 11.8 Å². The molecule has 0 radical (unpaired) electrons. The summed E-state index contributed by atoms with van der Waals surface area (Å²) in [5.74, 6) is -1.35. The van der Waals surface area contributed by atoms with Crippen molar-refractivity contribution < 1.29 is 46.4 Å². The van der Waals surface area contributed by atoms with E-state index < -0.39 is 42.9 Å². The van der Waals surface area contributed by atoms with E-state index in [0.29, 0.717) is 4.70 Å². The molecular formula is C28H30F2NO9PS3. The number of hydrogen-bond acceptors (Lipinski definition) is 12. The summed E-state index contributed by atoms with van der Waals surface area (Å²) in [6.07, 6.45) is 0. The fourth-order valence-corrected chi connectivity index (χ4v) is 7.50. The summed E-state index contributed by atoms with van der Waals surface area (Å²) >= 11 is 2.71. The van der Waals surface area contributed by atoms with E-state index in [9.17, 15) is 29.1 Å². The van der Waals surface area contributed by atoms with Crippen LogP contribution in [0, 0.1) is 22.0 Å². The Morgan fingerprint density at radius 3 is 1.98 bits per heavy atom. The number of thiophene rings is 1. The third kappa shape index (κ3) is 9.18. The maximum atomic E-state index is 15.9. The molecule has 0 N–H and O–H groups in total. The van der Waals surface area contributed by atoms with Gasteiger partial charge >= 0.3 is 19.2 Å². The van der Waals surface area contributed by atoms with Gasteiger partial charge in [-0.2, -0.15) is 8.78 Å². The first kappa shape index (κ1) is 35.8. The molecule has 0 saturated carbocycles. The van der Waals surface area contributed by atoms with Gasteiger partial charge in [0.25, 0.3) is 5.69 Å². The third-order valence-corrected chi connectivity index (χ3v) is 11.1. The van der Waals surface area contributed by atoms with Gasteiger partial charge in [-0.25, -0.2) is 4.79 Å². The summed E-state index contributed by atoms with van der Waals surface area (Å²) in [5.41, 5.74) is -4.99. The second kappa shape index (κ2) is 15.5. The molecule has 0 aliphatic rings. The largest absolute Gasteiger partial charge is 0.422 e. The maximum Gasteiger partial charge on any atom is 0.404 e. The molecule has 0 aliphatic heterocycles. The summed E-state index contributed by atoms with van der Waals surface area (Å²) in [4.78, 5) is 46.8. The number of hydrogen-bond donors (Lipinski definition) is 0. The van der Waals surface area contributed by atoms with Crippen LogP contribution in [0.15, 0.2) is 48.5 Å². The maximum absolute atomic E-state index is 15.9. The number of nitrogens with zero attached hydrogens (tertiary/aromatic N) is 1. The molecule has 0 fully saturated rings. The SMILES string of the molecule is CC(C)C(=O)SCCOP(=O)(OCCSC(=O)C(C)C)C(F)(F)c1ccc2sc(C(=O)Oc3ccc([N+](=O)[O-])cc3)cc2c1. The number of alkyl halides is 2. The second-order valence-electron chi connectivity index (χ2n) is 9.85. The highest BCUT2D eigenvalue weighted by Crippen LogP contribution is 2.67. The first-order valence-electron chi connectivity index (χ1n) is 13.3. The van der Waals surface area contributed by atoms with E-state index in [0.717, 1.165) is 47.0 Å². The third-order valence-electron chi connectivity index (χ3n) is 5.79. The molecule has 0 bridgehead atoms. The smallest absolute Gasteiger partial charge is 0.404 e. The number of rotatable bonds is 15. The Labute approximate surface area is 264 Å². The number of halogens is 2. The molecule has 0 atom stereocenters. The van der Waals surface area contributed by atoms with Gasteiger partial charge in [-0.05, 0) is 35.7 Å². The summed E-state index contributed by atoms with van der Waals surface area (Å²) in [6.45, 7) is 5.86. The van der Waals surface area contributed by atoms with E-state index >= 15 is 8.78 Å². The molecular weight excluding hydrogens is 659 g/mol. The number of nitro groups is 1. The van der Waals surface area contributed by atoms with Gasteiger partial charge in [0, 0.05) is 45.7 Å². The monoisotopic (exact) mass is 689 g/mol. The lowest BCUT2D eigenvalue weighted by Crippen LogP contribution is -2.20. The van der Waals surface area contributed by atoms with Crippen LogP contribution in [-0.4, -0.2) is 45.8 Å². The normalized spacial score (nSPS) is 12.2. The minimum Gasteiger partial charge on any atom is -0.422 e. The number of benzene rings is 2. The van der Waals surface area contributed by atoms with Gasteiger partial charge in [0.2, 0.25) is 0 Å². The number of esters is 1. The second-order valence-corrected chi connectivity index (χ2v) is 15.2. The first-order chi connectivity index (χ1) is 20.6. The molecule has 0 amide bonds. The van der Waals surface area contributed by atoms with Gasteiger partial charge < -0.3 is 13.8 Å². The standard InChI is InChI=1S/C28H30F2NO9PS3/c1-17(2)26(33)42-13-11-38-41(37,39-12-14-43-27(34)18(3)4)28(29,30)20-5-10-23-19(15-20)16-24(44-23)25(32)40-22-8-6-21(7-9-22)31(35)36/h5-10,15-18H,11-14H2,1-4H3. The molecule has 3 rings (SSSR count). The molecule has 0 aliphatic carbocycles. The molecule has 44 heavy (non-hydrogen) atoms. The average molecular weight is 690 g/mol. The number of non-ortho nitro benzene ring substituents is 1. The lowest BCUT2D eigenvalue weighted by atomic mass is 10.1. The molecule has 238 valence electrons. The van der Waals surface area contributed by atoms with Crippen molar-refractivity contribution in [3.8, 4) is 5.75 Å². The van der Waals surface area contributed by atoms with Crippen molar-refractivity contribution in [3.05, 3.63) is 69.1 Å². The molecule has 1 heterocycles.